The lowest BCUT2D eigenvalue weighted by Gasteiger charge is -2.47. The third kappa shape index (κ3) is 9.70. The molecule has 2 saturated heterocycles. The summed E-state index contributed by atoms with van der Waals surface area (Å²) in [6, 6.07) is 0. The number of carbonyl (C=O) groups is 3. The van der Waals surface area contributed by atoms with Crippen LogP contribution in [0.3, 0.4) is 0 Å². The van der Waals surface area contributed by atoms with Gasteiger partial charge in [0.1, 0.15) is 18.3 Å². The van der Waals surface area contributed by atoms with Crippen LogP contribution >= 0.6 is 0 Å². The van der Waals surface area contributed by atoms with E-state index in [-0.39, 0.29) is 0 Å². The van der Waals surface area contributed by atoms with Gasteiger partial charge in [-0.25, -0.2) is 14.4 Å². The van der Waals surface area contributed by atoms with Gasteiger partial charge >= 0.3 is 17.9 Å². The van der Waals surface area contributed by atoms with E-state index in [9.17, 15) is 50.1 Å². The molecule has 13 N–H and O–H groups in total. The number of carboxylic acids is 3. The van der Waals surface area contributed by atoms with Crippen LogP contribution in [0, 0.1) is 17.3 Å². The lowest BCUT2D eigenvalue weighted by atomic mass is 9.71. The van der Waals surface area contributed by atoms with E-state index in [1.165, 1.54) is 0 Å². The minimum absolute atomic E-state index is 0.478. The molecule has 0 spiro atoms. The lowest BCUT2D eigenvalue weighted by molar-refractivity contribution is -0.323. The zero-order chi connectivity index (χ0) is 34.6. The molecule has 262 valence electrons. The van der Waals surface area contributed by atoms with E-state index in [1.54, 1.807) is 41.5 Å². The van der Waals surface area contributed by atoms with Crippen LogP contribution in [0.1, 0.15) is 41.5 Å². The second-order valence-electron chi connectivity index (χ2n) is 13.1. The summed E-state index contributed by atoms with van der Waals surface area (Å²) in [5, 5.41) is 73.3. The van der Waals surface area contributed by atoms with Crippen molar-refractivity contribution in [3.8, 4) is 0 Å². The summed E-state index contributed by atoms with van der Waals surface area (Å²) >= 11 is 0. The Balaban J connectivity index is 2.43. The molecule has 2 heterocycles. The van der Waals surface area contributed by atoms with Crippen LogP contribution in [-0.2, 0) is 38.1 Å². The van der Waals surface area contributed by atoms with Gasteiger partial charge in [-0.05, 0) is 26.2 Å². The van der Waals surface area contributed by atoms with Gasteiger partial charge in [-0.15, -0.1) is 0 Å². The van der Waals surface area contributed by atoms with Crippen molar-refractivity contribution in [1.29, 1.82) is 0 Å². The van der Waals surface area contributed by atoms with Gasteiger partial charge in [-0.3, -0.25) is 22.5 Å². The van der Waals surface area contributed by atoms with Gasteiger partial charge in [0.25, 0.3) is 0 Å². The molecular formula is C26H48N4O15. The second kappa shape index (κ2) is 15.7. The summed E-state index contributed by atoms with van der Waals surface area (Å²) in [5.74, 6) is 3.43. The number of hydrazine groups is 2. The number of carboxylic acid groups (broad SMARTS) is 3. The number of nitrogens with one attached hydrogen (secondary N) is 2. The van der Waals surface area contributed by atoms with E-state index in [2.05, 4.69) is 10.9 Å². The maximum absolute atomic E-state index is 12.5. The molecule has 0 amide bonds. The molecule has 2 aliphatic heterocycles. The highest BCUT2D eigenvalue weighted by Crippen LogP contribution is 2.40. The predicted octanol–water partition coefficient (Wildman–Crippen LogP) is -3.71. The van der Waals surface area contributed by atoms with Gasteiger partial charge in [0.15, 0.2) is 30.9 Å². The first-order chi connectivity index (χ1) is 20.7. The Morgan fingerprint density at radius 3 is 1.73 bits per heavy atom. The summed E-state index contributed by atoms with van der Waals surface area (Å²) in [4.78, 5) is 36.8. The fraction of sp³-hybridized carbons (Fsp3) is 0.885. The van der Waals surface area contributed by atoms with Gasteiger partial charge in [0, 0.05) is 19.0 Å². The minimum atomic E-state index is -2.07. The molecule has 2 aliphatic rings. The largest absolute Gasteiger partial charge is 0.479 e. The van der Waals surface area contributed by atoms with Crippen molar-refractivity contribution in [2.45, 2.75) is 115 Å². The Labute approximate surface area is 259 Å². The van der Waals surface area contributed by atoms with Gasteiger partial charge < -0.3 is 59.4 Å². The van der Waals surface area contributed by atoms with Gasteiger partial charge in [0.05, 0.1) is 29.8 Å². The third-order valence-corrected chi connectivity index (χ3v) is 7.49. The standard InChI is InChI=1S/C26H48N4O15/c1-25(2,3)12-14(32)16(34)23(44-19(12)22(39)40)42-10(8-30-28)17(20(35)36)41-9(7-29-27)11-13(31)15(33)24(45-26(4,5)6)43-18(11)21(37)38/h9-19,23-24,29-34H,7-8,27-28H2,1-6H3,(H,35,36)(H,37,38)(H,39,40)/t9?,10?,11-,12-,13-,14-,15?,16?,17?,18?,19?,23+,24-/m0/s1. The molecule has 0 aromatic rings. The monoisotopic (exact) mass is 656 g/mol. The van der Waals surface area contributed by atoms with Crippen LogP contribution in [0.5, 0.6) is 0 Å². The highest BCUT2D eigenvalue weighted by Gasteiger charge is 2.55. The van der Waals surface area contributed by atoms with Crippen LogP contribution in [0.15, 0.2) is 0 Å². The van der Waals surface area contributed by atoms with E-state index >= 15 is 0 Å². The Morgan fingerprint density at radius 1 is 0.778 bits per heavy atom. The Bertz CT molecular complexity index is 1010. The number of nitrogens with two attached hydrogens (primary N) is 2. The van der Waals surface area contributed by atoms with Crippen molar-refractivity contribution in [3.05, 3.63) is 0 Å². The predicted molar refractivity (Wildman–Crippen MR) is 149 cm³/mol. The topological polar surface area (TPSA) is 315 Å². The molecule has 7 unspecified atom stereocenters. The number of hydrogen-bond acceptors (Lipinski definition) is 16. The first-order valence-electron chi connectivity index (χ1n) is 14.2. The molecule has 0 aromatic carbocycles. The summed E-state index contributed by atoms with van der Waals surface area (Å²) in [6.07, 6.45) is -19.6. The van der Waals surface area contributed by atoms with Crippen LogP contribution in [0.25, 0.3) is 0 Å². The average molecular weight is 657 g/mol. The van der Waals surface area contributed by atoms with Crippen LogP contribution in [0.2, 0.25) is 0 Å². The van der Waals surface area contributed by atoms with Gasteiger partial charge in [-0.2, -0.15) is 0 Å². The lowest BCUT2D eigenvalue weighted by Crippen LogP contribution is -2.64. The molecule has 2 fully saturated rings. The van der Waals surface area contributed by atoms with E-state index < -0.39 is 121 Å². The number of rotatable bonds is 14. The number of hydrogen-bond donors (Lipinski definition) is 11. The van der Waals surface area contributed by atoms with E-state index in [1.807, 2.05) is 0 Å². The van der Waals surface area contributed by atoms with Crippen LogP contribution < -0.4 is 22.5 Å². The van der Waals surface area contributed by atoms with E-state index in [4.69, 9.17) is 35.4 Å². The van der Waals surface area contributed by atoms with E-state index in [0.717, 1.165) is 0 Å². The zero-order valence-corrected chi connectivity index (χ0v) is 26.0. The Kier molecular flexibility index (Phi) is 13.6. The smallest absolute Gasteiger partial charge is 0.335 e. The van der Waals surface area contributed by atoms with Crippen molar-refractivity contribution in [2.75, 3.05) is 13.1 Å². The average Bonchev–Trinajstić information content (AvgIpc) is 2.89. The minimum Gasteiger partial charge on any atom is -0.479 e. The van der Waals surface area contributed by atoms with Crippen LogP contribution in [-0.4, -0.2) is 140 Å². The summed E-state index contributed by atoms with van der Waals surface area (Å²) < 4.78 is 28.0. The molecule has 13 atom stereocenters. The van der Waals surface area contributed by atoms with Crippen molar-refractivity contribution in [2.24, 2.45) is 28.9 Å². The number of aliphatic hydroxyl groups excluding tert-OH is 4. The quantitative estimate of drug-likeness (QED) is 0.0632. The molecule has 0 aromatic heterocycles. The SMILES string of the molecule is CC(C)(C)O[C@@H]1OC(C(=O)O)[C@@H](C(CNN)OC(C(=O)O)C(CNN)O[C@@H]2OC(C(=O)O)[C@@H](C(C)(C)C)[C@H](O)C2O)[C@H](O)C1O. The molecular weight excluding hydrogens is 608 g/mol. The maximum Gasteiger partial charge on any atom is 0.335 e. The normalized spacial score (nSPS) is 34.9. The molecule has 19 heteroatoms. The molecule has 0 radical (unpaired) electrons. The van der Waals surface area contributed by atoms with Crippen molar-refractivity contribution in [1.82, 2.24) is 10.9 Å². The Hall–Kier alpha value is -2.11. The summed E-state index contributed by atoms with van der Waals surface area (Å²) in [5.41, 5.74) is 2.64. The first-order valence-corrected chi connectivity index (χ1v) is 14.2. The number of ether oxygens (including phenoxy) is 5. The highest BCUT2D eigenvalue weighted by atomic mass is 16.7. The summed E-state index contributed by atoms with van der Waals surface area (Å²) in [7, 11) is 0. The van der Waals surface area contributed by atoms with Crippen molar-refractivity contribution >= 4 is 17.9 Å². The van der Waals surface area contributed by atoms with E-state index in [0.29, 0.717) is 0 Å². The van der Waals surface area contributed by atoms with Gasteiger partial charge in [0.2, 0.25) is 0 Å². The van der Waals surface area contributed by atoms with Gasteiger partial charge in [-0.1, -0.05) is 20.8 Å². The highest BCUT2D eigenvalue weighted by molar-refractivity contribution is 5.74. The first kappa shape index (κ1) is 39.1. The summed E-state index contributed by atoms with van der Waals surface area (Å²) in [6.45, 7) is 8.75. The number of aliphatic hydroxyl groups is 4. The Morgan fingerprint density at radius 2 is 1.29 bits per heavy atom. The van der Waals surface area contributed by atoms with Crippen LogP contribution in [0.4, 0.5) is 0 Å². The molecule has 0 bridgehead atoms. The van der Waals surface area contributed by atoms with Crippen molar-refractivity contribution < 1.29 is 73.8 Å². The molecule has 19 nitrogen and oxygen atoms in total. The maximum atomic E-state index is 12.5. The molecule has 45 heavy (non-hydrogen) atoms. The third-order valence-electron chi connectivity index (χ3n) is 7.49. The fourth-order valence-electron chi connectivity index (χ4n) is 5.52. The zero-order valence-electron chi connectivity index (χ0n) is 26.0. The van der Waals surface area contributed by atoms with Crippen molar-refractivity contribution in [3.63, 3.8) is 0 Å². The molecule has 2 rings (SSSR count). The number of aliphatic carboxylic acids is 3. The molecule has 0 aliphatic carbocycles. The molecule has 0 saturated carbocycles. The second-order valence-corrected chi connectivity index (χ2v) is 13.1. The fourth-order valence-corrected chi connectivity index (χ4v) is 5.52.